The summed E-state index contributed by atoms with van der Waals surface area (Å²) < 4.78 is 4.54. The fraction of sp³-hybridized carbons (Fsp3) is 0.414. The molecule has 0 spiro atoms. The van der Waals surface area contributed by atoms with Crippen LogP contribution in [0, 0.1) is 22.5 Å². The van der Waals surface area contributed by atoms with Crippen molar-refractivity contribution in [3.05, 3.63) is 70.1 Å². The van der Waals surface area contributed by atoms with E-state index in [1.807, 2.05) is 29.2 Å². The summed E-state index contributed by atoms with van der Waals surface area (Å²) in [5, 5.41) is 27.8. The second-order valence-electron chi connectivity index (χ2n) is 10.6. The Labute approximate surface area is 226 Å². The van der Waals surface area contributed by atoms with E-state index < -0.39 is 0 Å². The number of carbonyl (C=O) groups excluding carboxylic acids is 2. The summed E-state index contributed by atoms with van der Waals surface area (Å²) in [4.78, 5) is 30.1. The monoisotopic (exact) mass is 526 g/mol. The maximum atomic E-state index is 13.2. The van der Waals surface area contributed by atoms with Crippen molar-refractivity contribution in [2.45, 2.75) is 51.1 Å². The number of fused-ring (bicyclic) bond motifs is 3. The van der Waals surface area contributed by atoms with Crippen molar-refractivity contribution in [3.8, 4) is 17.3 Å². The highest BCUT2D eigenvalue weighted by atomic mass is 16.8. The molecule has 1 aliphatic carbocycles. The lowest BCUT2D eigenvalue weighted by atomic mass is 9.86. The molecule has 3 aliphatic rings. The highest BCUT2D eigenvalue weighted by molar-refractivity contribution is 5.88. The van der Waals surface area contributed by atoms with Gasteiger partial charge in [-0.1, -0.05) is 37.5 Å². The SMILES string of the molecule is N#Cc1c(-c2ccc(CNc3ccc4c(c3)CCN3C(=O)CN(C(=O)C5CCCCC5)CC43)cc2)no[n+]1[O-]. The first-order valence-corrected chi connectivity index (χ1v) is 13.6. The number of aromatic nitrogens is 2. The van der Waals surface area contributed by atoms with Crippen molar-refractivity contribution < 1.29 is 19.1 Å². The van der Waals surface area contributed by atoms with Gasteiger partial charge in [-0.2, -0.15) is 5.26 Å². The Morgan fingerprint density at radius 1 is 1.18 bits per heavy atom. The maximum Gasteiger partial charge on any atom is 0.302 e. The van der Waals surface area contributed by atoms with Crippen LogP contribution in [-0.4, -0.2) is 46.4 Å². The Kier molecular flexibility index (Phi) is 6.65. The minimum atomic E-state index is -0.172. The molecule has 1 N–H and O–H groups in total. The van der Waals surface area contributed by atoms with Crippen molar-refractivity contribution in [2.75, 3.05) is 25.0 Å². The van der Waals surface area contributed by atoms with E-state index in [0.29, 0.717) is 25.2 Å². The smallest absolute Gasteiger partial charge is 0.302 e. The fourth-order valence-corrected chi connectivity index (χ4v) is 6.14. The van der Waals surface area contributed by atoms with Crippen LogP contribution in [0.1, 0.15) is 60.5 Å². The Balaban J connectivity index is 1.13. The predicted octanol–water partition coefficient (Wildman–Crippen LogP) is 3.31. The van der Waals surface area contributed by atoms with Crippen molar-refractivity contribution in [1.29, 1.82) is 5.26 Å². The van der Waals surface area contributed by atoms with Crippen molar-refractivity contribution in [3.63, 3.8) is 0 Å². The molecule has 2 fully saturated rings. The van der Waals surface area contributed by atoms with Crippen LogP contribution in [-0.2, 0) is 22.6 Å². The van der Waals surface area contributed by atoms with Crippen LogP contribution in [0.5, 0.6) is 0 Å². The standard InChI is InChI=1S/C29H30N6O4/c30-15-25-28(32-39-35(25)38)20-8-6-19(7-9-20)16-31-23-10-11-24-22(14-23)12-13-34-26(24)17-33(18-27(34)36)29(37)21-4-2-1-3-5-21/h6-11,14,21,26,31H,1-5,12-13,16-18H2. The van der Waals surface area contributed by atoms with Gasteiger partial charge in [0.2, 0.25) is 11.8 Å². The predicted molar refractivity (Wildman–Crippen MR) is 141 cm³/mol. The van der Waals surface area contributed by atoms with Gasteiger partial charge in [0.05, 0.1) is 12.6 Å². The largest absolute Gasteiger partial charge is 0.381 e. The van der Waals surface area contributed by atoms with E-state index in [2.05, 4.69) is 27.2 Å². The van der Waals surface area contributed by atoms with E-state index in [1.54, 1.807) is 17.0 Å². The van der Waals surface area contributed by atoms with Crippen LogP contribution in [0.3, 0.4) is 0 Å². The summed E-state index contributed by atoms with van der Waals surface area (Å²) in [7, 11) is 0. The highest BCUT2D eigenvalue weighted by Crippen LogP contribution is 2.36. The van der Waals surface area contributed by atoms with Crippen LogP contribution < -0.4 is 10.2 Å². The summed E-state index contributed by atoms with van der Waals surface area (Å²) in [6, 6.07) is 15.4. The van der Waals surface area contributed by atoms with E-state index in [1.165, 1.54) is 12.0 Å². The lowest BCUT2D eigenvalue weighted by molar-refractivity contribution is -0.804. The molecule has 0 radical (unpaired) electrons. The molecule has 3 aromatic rings. The Hall–Kier alpha value is -4.39. The third kappa shape index (κ3) is 4.80. The number of anilines is 1. The van der Waals surface area contributed by atoms with Gasteiger partial charge < -0.3 is 20.3 Å². The first kappa shape index (κ1) is 24.9. The number of hydrogen-bond donors (Lipinski definition) is 1. The quantitative estimate of drug-likeness (QED) is 0.505. The van der Waals surface area contributed by atoms with Gasteiger partial charge in [-0.3, -0.25) is 14.2 Å². The number of amides is 2. The maximum absolute atomic E-state index is 13.2. The molecule has 1 saturated heterocycles. The van der Waals surface area contributed by atoms with Gasteiger partial charge in [-0.05, 0) is 65.1 Å². The molecular formula is C29H30N6O4. The average molecular weight is 527 g/mol. The van der Waals surface area contributed by atoms with Crippen molar-refractivity contribution >= 4 is 17.5 Å². The van der Waals surface area contributed by atoms with Crippen LogP contribution in [0.25, 0.3) is 11.3 Å². The van der Waals surface area contributed by atoms with Crippen LogP contribution >= 0.6 is 0 Å². The second-order valence-corrected chi connectivity index (χ2v) is 10.6. The molecule has 10 nitrogen and oxygen atoms in total. The van der Waals surface area contributed by atoms with Gasteiger partial charge in [-0.15, -0.1) is 0 Å². The van der Waals surface area contributed by atoms with Crippen LogP contribution in [0.15, 0.2) is 47.1 Å². The zero-order chi connectivity index (χ0) is 26.9. The summed E-state index contributed by atoms with van der Waals surface area (Å²) in [5.74, 6) is 0.261. The Morgan fingerprint density at radius 2 is 1.97 bits per heavy atom. The number of rotatable bonds is 5. The number of nitrogens with one attached hydrogen (secondary N) is 1. The summed E-state index contributed by atoms with van der Waals surface area (Å²) in [6.07, 6.45) is 6.06. The number of nitriles is 1. The fourth-order valence-electron chi connectivity index (χ4n) is 6.14. The summed E-state index contributed by atoms with van der Waals surface area (Å²) >= 11 is 0. The molecule has 10 heteroatoms. The molecule has 2 aromatic carbocycles. The molecule has 0 bridgehead atoms. The molecule has 1 atom stereocenters. The van der Waals surface area contributed by atoms with Crippen molar-refractivity contribution in [1.82, 2.24) is 15.0 Å². The number of nitrogens with zero attached hydrogens (tertiary/aromatic N) is 5. The molecule has 2 amide bonds. The zero-order valence-corrected chi connectivity index (χ0v) is 21.6. The summed E-state index contributed by atoms with van der Waals surface area (Å²) in [6.45, 7) is 2.02. The zero-order valence-electron chi connectivity index (χ0n) is 21.6. The molecule has 6 rings (SSSR count). The van der Waals surface area contributed by atoms with E-state index >= 15 is 0 Å². The Bertz CT molecular complexity index is 1440. The Morgan fingerprint density at radius 3 is 2.74 bits per heavy atom. The van der Waals surface area contributed by atoms with Crippen LogP contribution in [0.2, 0.25) is 0 Å². The van der Waals surface area contributed by atoms with E-state index in [4.69, 9.17) is 5.26 Å². The van der Waals surface area contributed by atoms with E-state index in [0.717, 1.165) is 48.9 Å². The van der Waals surface area contributed by atoms with Gasteiger partial charge in [0.25, 0.3) is 5.69 Å². The minimum Gasteiger partial charge on any atom is -0.381 e. The molecule has 1 aromatic heterocycles. The molecule has 2 aliphatic heterocycles. The molecule has 1 saturated carbocycles. The number of benzene rings is 2. The van der Waals surface area contributed by atoms with Gasteiger partial charge in [0.15, 0.2) is 6.07 Å². The molecule has 1 unspecified atom stereocenters. The normalized spacial score (nSPS) is 19.3. The minimum absolute atomic E-state index is 0.0456. The van der Waals surface area contributed by atoms with Gasteiger partial charge in [-0.25, -0.2) is 0 Å². The van der Waals surface area contributed by atoms with Crippen LogP contribution in [0.4, 0.5) is 5.69 Å². The van der Waals surface area contributed by atoms with Gasteiger partial charge in [0.1, 0.15) is 0 Å². The highest BCUT2D eigenvalue weighted by Gasteiger charge is 2.40. The topological polar surface area (TPSA) is 129 Å². The average Bonchev–Trinajstić information content (AvgIpc) is 3.36. The third-order valence-electron chi connectivity index (χ3n) is 8.25. The molecular weight excluding hydrogens is 496 g/mol. The molecule has 3 heterocycles. The lowest BCUT2D eigenvalue weighted by Gasteiger charge is -2.45. The molecule has 39 heavy (non-hydrogen) atoms. The van der Waals surface area contributed by atoms with Gasteiger partial charge in [0, 0.05) is 42.0 Å². The second kappa shape index (κ2) is 10.4. The van der Waals surface area contributed by atoms with E-state index in [-0.39, 0.29) is 46.6 Å². The number of hydrogen-bond acceptors (Lipinski definition) is 7. The van der Waals surface area contributed by atoms with Gasteiger partial charge >= 0.3 is 5.69 Å². The number of piperazine rings is 1. The first-order valence-electron chi connectivity index (χ1n) is 13.6. The van der Waals surface area contributed by atoms with E-state index in [9.17, 15) is 14.8 Å². The lowest BCUT2D eigenvalue weighted by Crippen LogP contribution is -2.56. The van der Waals surface area contributed by atoms with Crippen molar-refractivity contribution in [2.24, 2.45) is 5.92 Å². The molecule has 200 valence electrons. The third-order valence-corrected chi connectivity index (χ3v) is 8.25. The number of carbonyl (C=O) groups is 2. The summed E-state index contributed by atoms with van der Waals surface area (Å²) in [5.41, 5.74) is 5.02. The first-order chi connectivity index (χ1) is 19.0.